The lowest BCUT2D eigenvalue weighted by Gasteiger charge is -2.20. The molecule has 1 aromatic heterocycles. The van der Waals surface area contributed by atoms with Crippen LogP contribution in [0.15, 0.2) is 63.8 Å². The number of aliphatic carboxylic acids is 1. The third kappa shape index (κ3) is 4.76. The first-order valence-corrected chi connectivity index (χ1v) is 8.64. The first kappa shape index (κ1) is 19.2. The van der Waals surface area contributed by atoms with E-state index in [4.69, 9.17) is 9.15 Å². The van der Waals surface area contributed by atoms with Crippen molar-refractivity contribution in [3.05, 3.63) is 76.1 Å². The van der Waals surface area contributed by atoms with Gasteiger partial charge in [0.2, 0.25) is 0 Å². The number of hydrogen-bond acceptors (Lipinski definition) is 6. The van der Waals surface area contributed by atoms with Crippen molar-refractivity contribution in [2.75, 3.05) is 6.61 Å². The quantitative estimate of drug-likeness (QED) is 0.612. The molecule has 0 fully saturated rings. The van der Waals surface area contributed by atoms with Gasteiger partial charge in [0, 0.05) is 17.5 Å². The number of nitrogens with one attached hydrogen (secondary N) is 1. The highest BCUT2D eigenvalue weighted by molar-refractivity contribution is 5.84. The fourth-order valence-electron chi connectivity index (χ4n) is 2.82. The van der Waals surface area contributed by atoms with E-state index in [-0.39, 0.29) is 13.0 Å². The summed E-state index contributed by atoms with van der Waals surface area (Å²) in [5.41, 5.74) is 1.41. The van der Waals surface area contributed by atoms with E-state index in [0.717, 1.165) is 16.5 Å². The summed E-state index contributed by atoms with van der Waals surface area (Å²) in [6, 6.07) is 14.0. The normalized spacial score (nSPS) is 11.8. The van der Waals surface area contributed by atoms with Gasteiger partial charge in [0.1, 0.15) is 11.3 Å². The minimum absolute atomic E-state index is 0.106. The summed E-state index contributed by atoms with van der Waals surface area (Å²) in [4.78, 5) is 34.9. The Kier molecular flexibility index (Phi) is 5.74. The fraction of sp³-hybridized carbons (Fsp3) is 0.190. The van der Waals surface area contributed by atoms with Crippen LogP contribution in [0, 0.1) is 6.92 Å². The number of carboxylic acid groups (broad SMARTS) is 1. The van der Waals surface area contributed by atoms with Crippen molar-refractivity contribution in [3.8, 4) is 5.75 Å². The third-order valence-corrected chi connectivity index (χ3v) is 4.20. The van der Waals surface area contributed by atoms with Crippen LogP contribution in [-0.2, 0) is 16.0 Å². The van der Waals surface area contributed by atoms with E-state index < -0.39 is 23.5 Å². The van der Waals surface area contributed by atoms with Crippen molar-refractivity contribution >= 4 is 22.8 Å². The Morgan fingerprint density at radius 2 is 1.89 bits per heavy atom. The van der Waals surface area contributed by atoms with E-state index in [1.807, 2.05) is 6.07 Å². The molecule has 7 nitrogen and oxygen atoms in total. The van der Waals surface area contributed by atoms with Gasteiger partial charge < -0.3 is 24.4 Å². The number of carboxylic acids is 1. The SMILES string of the molecule is Cc1cc(=O)oc2cc(OCC(=O)NC(Cc3ccccc3)C(=O)[O-])ccc12. The van der Waals surface area contributed by atoms with Crippen molar-refractivity contribution in [3.63, 3.8) is 0 Å². The van der Waals surface area contributed by atoms with E-state index in [0.29, 0.717) is 11.3 Å². The number of carbonyl (C=O) groups is 2. The van der Waals surface area contributed by atoms with Gasteiger partial charge in [0.15, 0.2) is 6.61 Å². The molecule has 0 aliphatic rings. The predicted octanol–water partition coefficient (Wildman–Crippen LogP) is 0.958. The van der Waals surface area contributed by atoms with Crippen LogP contribution in [0.5, 0.6) is 5.75 Å². The molecule has 0 aliphatic heterocycles. The van der Waals surface area contributed by atoms with Crippen molar-refractivity contribution in [2.45, 2.75) is 19.4 Å². The zero-order chi connectivity index (χ0) is 20.1. The van der Waals surface area contributed by atoms with Crippen LogP contribution in [-0.4, -0.2) is 24.5 Å². The van der Waals surface area contributed by atoms with Gasteiger partial charge >= 0.3 is 5.63 Å². The molecule has 2 aromatic carbocycles. The predicted molar refractivity (Wildman–Crippen MR) is 99.8 cm³/mol. The minimum atomic E-state index is -1.37. The second-order valence-electron chi connectivity index (χ2n) is 6.32. The van der Waals surface area contributed by atoms with Gasteiger partial charge in [-0.25, -0.2) is 4.79 Å². The molecule has 0 saturated heterocycles. The number of benzene rings is 2. The van der Waals surface area contributed by atoms with Crippen LogP contribution in [0.4, 0.5) is 0 Å². The van der Waals surface area contributed by atoms with E-state index in [1.54, 1.807) is 43.3 Å². The maximum atomic E-state index is 12.1. The number of ether oxygens (including phenoxy) is 1. The van der Waals surface area contributed by atoms with E-state index in [2.05, 4.69) is 5.32 Å². The highest BCUT2D eigenvalue weighted by atomic mass is 16.5. The number of rotatable bonds is 7. The summed E-state index contributed by atoms with van der Waals surface area (Å²) < 4.78 is 10.5. The molecule has 7 heteroatoms. The monoisotopic (exact) mass is 380 g/mol. The first-order chi connectivity index (χ1) is 13.4. The summed E-state index contributed by atoms with van der Waals surface area (Å²) in [6.07, 6.45) is 0.106. The smallest absolute Gasteiger partial charge is 0.336 e. The molecule has 0 radical (unpaired) electrons. The van der Waals surface area contributed by atoms with Crippen molar-refractivity contribution in [1.29, 1.82) is 0 Å². The number of amides is 1. The fourth-order valence-corrected chi connectivity index (χ4v) is 2.82. The molecule has 0 spiro atoms. The molecule has 1 unspecified atom stereocenters. The van der Waals surface area contributed by atoms with E-state index in [9.17, 15) is 19.5 Å². The summed E-state index contributed by atoms with van der Waals surface area (Å²) in [5, 5.41) is 14.5. The molecular formula is C21H18NO6-. The van der Waals surface area contributed by atoms with Crippen LogP contribution in [0.3, 0.4) is 0 Å². The Balaban J connectivity index is 1.63. The van der Waals surface area contributed by atoms with Crippen molar-refractivity contribution in [2.24, 2.45) is 0 Å². The largest absolute Gasteiger partial charge is 0.548 e. The lowest BCUT2D eigenvalue weighted by Crippen LogP contribution is -2.50. The molecule has 0 bridgehead atoms. The molecule has 144 valence electrons. The maximum absolute atomic E-state index is 12.1. The Morgan fingerprint density at radius 3 is 2.61 bits per heavy atom. The molecule has 1 heterocycles. The Morgan fingerprint density at radius 1 is 1.14 bits per heavy atom. The Hall–Kier alpha value is -3.61. The minimum Gasteiger partial charge on any atom is -0.548 e. The topological polar surface area (TPSA) is 109 Å². The van der Waals surface area contributed by atoms with Gasteiger partial charge in [-0.3, -0.25) is 4.79 Å². The van der Waals surface area contributed by atoms with Gasteiger partial charge in [0.25, 0.3) is 5.91 Å². The van der Waals surface area contributed by atoms with E-state index >= 15 is 0 Å². The molecule has 0 saturated carbocycles. The van der Waals surface area contributed by atoms with Crippen LogP contribution < -0.4 is 20.8 Å². The number of aryl methyl sites for hydroxylation is 1. The molecule has 1 atom stereocenters. The molecule has 1 N–H and O–H groups in total. The number of hydrogen-bond donors (Lipinski definition) is 1. The van der Waals surface area contributed by atoms with Gasteiger partial charge in [-0.05, 0) is 36.6 Å². The lowest BCUT2D eigenvalue weighted by atomic mass is 10.1. The van der Waals surface area contributed by atoms with Gasteiger partial charge in [0.05, 0.1) is 12.0 Å². The summed E-state index contributed by atoms with van der Waals surface area (Å²) >= 11 is 0. The average Bonchev–Trinajstić information content (AvgIpc) is 2.66. The molecule has 3 aromatic rings. The zero-order valence-electron chi connectivity index (χ0n) is 15.1. The summed E-state index contributed by atoms with van der Waals surface area (Å²) in [6.45, 7) is 1.40. The molecular weight excluding hydrogens is 362 g/mol. The second-order valence-corrected chi connectivity index (χ2v) is 6.32. The van der Waals surface area contributed by atoms with Crippen molar-refractivity contribution in [1.82, 2.24) is 5.32 Å². The molecule has 1 amide bonds. The van der Waals surface area contributed by atoms with Crippen LogP contribution in [0.1, 0.15) is 11.1 Å². The molecule has 3 rings (SSSR count). The third-order valence-electron chi connectivity index (χ3n) is 4.20. The van der Waals surface area contributed by atoms with Crippen LogP contribution in [0.25, 0.3) is 11.0 Å². The maximum Gasteiger partial charge on any atom is 0.336 e. The molecule has 0 aliphatic carbocycles. The average molecular weight is 380 g/mol. The summed E-state index contributed by atoms with van der Waals surface area (Å²) in [5.74, 6) is -1.65. The number of carbonyl (C=O) groups excluding carboxylic acids is 2. The first-order valence-electron chi connectivity index (χ1n) is 8.64. The summed E-state index contributed by atoms with van der Waals surface area (Å²) in [7, 11) is 0. The van der Waals surface area contributed by atoms with Crippen LogP contribution in [0.2, 0.25) is 0 Å². The standard InChI is InChI=1S/C21H19NO6/c1-13-9-20(24)28-18-11-15(7-8-16(13)18)27-12-19(23)22-17(21(25)26)10-14-5-3-2-4-6-14/h2-9,11,17H,10,12H2,1H3,(H,22,23)(H,25,26)/p-1. The van der Waals surface area contributed by atoms with Gasteiger partial charge in [-0.2, -0.15) is 0 Å². The number of fused-ring (bicyclic) bond motifs is 1. The van der Waals surface area contributed by atoms with Gasteiger partial charge in [-0.15, -0.1) is 0 Å². The lowest BCUT2D eigenvalue weighted by molar-refractivity contribution is -0.308. The molecule has 28 heavy (non-hydrogen) atoms. The zero-order valence-corrected chi connectivity index (χ0v) is 15.1. The van der Waals surface area contributed by atoms with E-state index in [1.165, 1.54) is 12.1 Å². The highest BCUT2D eigenvalue weighted by Crippen LogP contribution is 2.22. The highest BCUT2D eigenvalue weighted by Gasteiger charge is 2.15. The van der Waals surface area contributed by atoms with Crippen LogP contribution >= 0.6 is 0 Å². The van der Waals surface area contributed by atoms with Crippen molar-refractivity contribution < 1.29 is 23.8 Å². The second kappa shape index (κ2) is 8.39. The van der Waals surface area contributed by atoms with Gasteiger partial charge in [-0.1, -0.05) is 30.3 Å². The Labute approximate surface area is 160 Å². The Bertz CT molecular complexity index is 1060.